The molecule has 1 aliphatic heterocycles. The zero-order valence-electron chi connectivity index (χ0n) is 17.4. The molecule has 3 rings (SSSR count). The number of amides is 1. The van der Waals surface area contributed by atoms with Gasteiger partial charge in [0.05, 0.1) is 11.4 Å². The fourth-order valence-corrected chi connectivity index (χ4v) is 3.98. The Balaban J connectivity index is 1.59. The number of hydrogen-bond acceptors (Lipinski definition) is 6. The van der Waals surface area contributed by atoms with Gasteiger partial charge in [0.25, 0.3) is 0 Å². The highest BCUT2D eigenvalue weighted by Gasteiger charge is 2.21. The number of para-hydroxylation sites is 1. The summed E-state index contributed by atoms with van der Waals surface area (Å²) < 4.78 is 14.0. The Morgan fingerprint density at radius 1 is 1.17 bits per heavy atom. The van der Waals surface area contributed by atoms with Gasteiger partial charge in [0.15, 0.2) is 5.16 Å². The molecule has 2 aromatic rings. The van der Waals surface area contributed by atoms with Crippen molar-refractivity contribution in [3.8, 4) is 0 Å². The third-order valence-electron chi connectivity index (χ3n) is 5.18. The van der Waals surface area contributed by atoms with Crippen LogP contribution in [0.5, 0.6) is 0 Å². The summed E-state index contributed by atoms with van der Waals surface area (Å²) in [6, 6.07) is 8.66. The number of hydrogen-bond donors (Lipinski definition) is 1. The lowest BCUT2D eigenvalue weighted by Crippen LogP contribution is -2.47. The maximum atomic E-state index is 14.0. The van der Waals surface area contributed by atoms with Crippen molar-refractivity contribution in [3.05, 3.63) is 41.3 Å². The van der Waals surface area contributed by atoms with Gasteiger partial charge < -0.3 is 15.1 Å². The molecule has 2 heterocycles. The number of carbonyl (C=O) groups excluding carboxylic acids is 1. The van der Waals surface area contributed by atoms with Gasteiger partial charge in [-0.2, -0.15) is 0 Å². The largest absolute Gasteiger partial charge is 0.366 e. The number of benzene rings is 1. The molecular weight excluding hydrogens is 425 g/mol. The molecule has 1 saturated heterocycles. The minimum atomic E-state index is -0.209. The average molecular weight is 452 g/mol. The molecule has 1 aromatic heterocycles. The van der Waals surface area contributed by atoms with Gasteiger partial charge in [0.2, 0.25) is 5.91 Å². The molecule has 162 valence electrons. The molecule has 0 aliphatic carbocycles. The topological polar surface area (TPSA) is 61.4 Å². The fourth-order valence-electron chi connectivity index (χ4n) is 3.09. The van der Waals surface area contributed by atoms with Crippen LogP contribution in [-0.4, -0.2) is 53.8 Å². The second-order valence-corrected chi connectivity index (χ2v) is 8.98. The number of rotatable bonds is 7. The smallest absolute Gasteiger partial charge is 0.230 e. The summed E-state index contributed by atoms with van der Waals surface area (Å²) >= 11 is 7.47. The van der Waals surface area contributed by atoms with E-state index in [-0.39, 0.29) is 23.5 Å². The number of nitrogens with zero attached hydrogens (tertiary/aromatic N) is 4. The van der Waals surface area contributed by atoms with Crippen LogP contribution in [0, 0.1) is 11.7 Å². The van der Waals surface area contributed by atoms with E-state index in [0.717, 1.165) is 5.82 Å². The van der Waals surface area contributed by atoms with Crippen molar-refractivity contribution >= 4 is 40.8 Å². The molecule has 0 saturated carbocycles. The van der Waals surface area contributed by atoms with Crippen molar-refractivity contribution in [1.29, 1.82) is 0 Å². The van der Waals surface area contributed by atoms with Crippen molar-refractivity contribution in [1.82, 2.24) is 15.3 Å². The van der Waals surface area contributed by atoms with Gasteiger partial charge >= 0.3 is 0 Å². The first-order valence-corrected chi connectivity index (χ1v) is 11.4. The van der Waals surface area contributed by atoms with Crippen LogP contribution < -0.4 is 15.1 Å². The second kappa shape index (κ2) is 10.3. The molecule has 0 spiro atoms. The summed E-state index contributed by atoms with van der Waals surface area (Å²) in [4.78, 5) is 25.1. The molecule has 1 aliphatic rings. The van der Waals surface area contributed by atoms with Gasteiger partial charge in [-0.3, -0.25) is 4.79 Å². The Hall–Kier alpha value is -2.06. The van der Waals surface area contributed by atoms with Crippen LogP contribution in [-0.2, 0) is 4.79 Å². The molecule has 1 unspecified atom stereocenters. The van der Waals surface area contributed by atoms with Gasteiger partial charge in [-0.05, 0) is 25.0 Å². The SMILES string of the molecule is CC(C)C(C)NC(=O)CSc1nc(Cl)cc(N2CCN(c3ccccc3F)CC2)n1. The average Bonchev–Trinajstić information content (AvgIpc) is 2.72. The third-order valence-corrected chi connectivity index (χ3v) is 6.22. The van der Waals surface area contributed by atoms with Gasteiger partial charge in [0.1, 0.15) is 16.8 Å². The second-order valence-electron chi connectivity index (χ2n) is 7.65. The molecule has 9 heteroatoms. The van der Waals surface area contributed by atoms with E-state index in [2.05, 4.69) is 34.0 Å². The molecule has 0 radical (unpaired) electrons. The minimum Gasteiger partial charge on any atom is -0.366 e. The summed E-state index contributed by atoms with van der Waals surface area (Å²) in [5.74, 6) is 1.07. The molecule has 30 heavy (non-hydrogen) atoms. The lowest BCUT2D eigenvalue weighted by atomic mass is 10.1. The molecule has 1 N–H and O–H groups in total. The van der Waals surface area contributed by atoms with Crippen molar-refractivity contribution in [2.24, 2.45) is 5.92 Å². The summed E-state index contributed by atoms with van der Waals surface area (Å²) in [5.41, 5.74) is 0.621. The van der Waals surface area contributed by atoms with Crippen LogP contribution in [0.15, 0.2) is 35.5 Å². The molecular formula is C21H27ClFN5OS. The molecule has 0 bridgehead atoms. The molecule has 1 aromatic carbocycles. The van der Waals surface area contributed by atoms with Crippen LogP contribution in [0.1, 0.15) is 20.8 Å². The number of halogens is 2. The maximum Gasteiger partial charge on any atom is 0.230 e. The fraction of sp³-hybridized carbons (Fsp3) is 0.476. The summed E-state index contributed by atoms with van der Waals surface area (Å²) in [7, 11) is 0. The minimum absolute atomic E-state index is 0.0511. The first-order chi connectivity index (χ1) is 14.3. The predicted molar refractivity (Wildman–Crippen MR) is 121 cm³/mol. The Kier molecular flexibility index (Phi) is 7.77. The zero-order valence-corrected chi connectivity index (χ0v) is 19.0. The predicted octanol–water partition coefficient (Wildman–Crippen LogP) is 3.85. The molecule has 1 fully saturated rings. The number of aromatic nitrogens is 2. The number of piperazine rings is 1. The van der Waals surface area contributed by atoms with E-state index < -0.39 is 0 Å². The maximum absolute atomic E-state index is 14.0. The zero-order chi connectivity index (χ0) is 21.7. The van der Waals surface area contributed by atoms with Crippen LogP contribution in [0.3, 0.4) is 0 Å². The quantitative estimate of drug-likeness (QED) is 0.392. The molecule has 6 nitrogen and oxygen atoms in total. The highest BCUT2D eigenvalue weighted by atomic mass is 35.5. The van der Waals surface area contributed by atoms with Gasteiger partial charge in [0, 0.05) is 38.3 Å². The Morgan fingerprint density at radius 3 is 2.50 bits per heavy atom. The highest BCUT2D eigenvalue weighted by Crippen LogP contribution is 2.25. The third kappa shape index (κ3) is 5.98. The van der Waals surface area contributed by atoms with Crippen molar-refractivity contribution in [3.63, 3.8) is 0 Å². The van der Waals surface area contributed by atoms with Gasteiger partial charge in [-0.15, -0.1) is 0 Å². The van der Waals surface area contributed by atoms with E-state index >= 15 is 0 Å². The first kappa shape index (κ1) is 22.6. The van der Waals surface area contributed by atoms with Crippen LogP contribution in [0.4, 0.5) is 15.9 Å². The summed E-state index contributed by atoms with van der Waals surface area (Å²) in [6.07, 6.45) is 0. The molecule has 1 amide bonds. The van der Waals surface area contributed by atoms with Crippen LogP contribution in [0.2, 0.25) is 5.15 Å². The van der Waals surface area contributed by atoms with Crippen LogP contribution >= 0.6 is 23.4 Å². The van der Waals surface area contributed by atoms with E-state index in [9.17, 15) is 9.18 Å². The highest BCUT2D eigenvalue weighted by molar-refractivity contribution is 7.99. The number of anilines is 2. The number of carbonyl (C=O) groups is 1. The number of thioether (sulfide) groups is 1. The summed E-state index contributed by atoms with van der Waals surface area (Å²) in [6.45, 7) is 8.87. The van der Waals surface area contributed by atoms with Crippen molar-refractivity contribution in [2.75, 3.05) is 41.7 Å². The first-order valence-electron chi connectivity index (χ1n) is 10.0. The number of nitrogens with one attached hydrogen (secondary N) is 1. The normalized spacial score (nSPS) is 15.4. The Bertz CT molecular complexity index is 876. The lowest BCUT2D eigenvalue weighted by Gasteiger charge is -2.36. The van der Waals surface area contributed by atoms with E-state index in [4.69, 9.17) is 11.6 Å². The monoisotopic (exact) mass is 451 g/mol. The Morgan fingerprint density at radius 2 is 1.83 bits per heavy atom. The van der Waals surface area contributed by atoms with Crippen LogP contribution in [0.25, 0.3) is 0 Å². The lowest BCUT2D eigenvalue weighted by molar-refractivity contribution is -0.119. The van der Waals surface area contributed by atoms with Crippen molar-refractivity contribution in [2.45, 2.75) is 32.0 Å². The molecule has 1 atom stereocenters. The Labute approximate surface area is 186 Å². The standard InChI is InChI=1S/C21H27ClFN5OS/c1-14(2)15(3)24-20(29)13-30-21-25-18(22)12-19(26-21)28-10-8-27(9-11-28)17-7-5-4-6-16(17)23/h4-7,12,14-15H,8-11,13H2,1-3H3,(H,24,29). The van der Waals surface area contributed by atoms with Gasteiger partial charge in [-0.1, -0.05) is 49.3 Å². The summed E-state index contributed by atoms with van der Waals surface area (Å²) in [5, 5.41) is 3.79. The van der Waals surface area contributed by atoms with E-state index in [1.54, 1.807) is 18.2 Å². The van der Waals surface area contributed by atoms with E-state index in [1.807, 2.05) is 17.9 Å². The van der Waals surface area contributed by atoms with Gasteiger partial charge in [-0.25, -0.2) is 14.4 Å². The van der Waals surface area contributed by atoms with E-state index in [0.29, 0.717) is 48.1 Å². The van der Waals surface area contributed by atoms with Crippen molar-refractivity contribution < 1.29 is 9.18 Å². The van der Waals surface area contributed by atoms with E-state index in [1.165, 1.54) is 17.8 Å².